The number of rotatable bonds is 9. The van der Waals surface area contributed by atoms with E-state index < -0.39 is 35.6 Å². The van der Waals surface area contributed by atoms with Crippen molar-refractivity contribution in [2.45, 2.75) is 52.3 Å². The van der Waals surface area contributed by atoms with E-state index >= 15 is 0 Å². The predicted octanol–water partition coefficient (Wildman–Crippen LogP) is 3.76. The highest BCUT2D eigenvalue weighted by Gasteiger charge is 2.30. The number of methoxy groups -OCH3 is 1. The van der Waals surface area contributed by atoms with E-state index in [0.717, 1.165) is 12.1 Å². The Morgan fingerprint density at radius 1 is 1.07 bits per heavy atom. The van der Waals surface area contributed by atoms with Crippen LogP contribution in [0.5, 0.6) is 0 Å². The molecular formula is C20H27F3N2O4. The third-order valence-electron chi connectivity index (χ3n) is 4.07. The largest absolute Gasteiger partial charge is 0.467 e. The zero-order valence-corrected chi connectivity index (χ0v) is 16.9. The molecule has 0 spiro atoms. The van der Waals surface area contributed by atoms with Crippen molar-refractivity contribution in [2.24, 2.45) is 11.8 Å². The summed E-state index contributed by atoms with van der Waals surface area (Å²) in [6.45, 7) is 5.48. The second-order valence-electron chi connectivity index (χ2n) is 7.41. The van der Waals surface area contributed by atoms with E-state index in [2.05, 4.69) is 15.4 Å². The van der Waals surface area contributed by atoms with Gasteiger partial charge >= 0.3 is 12.1 Å². The van der Waals surface area contributed by atoms with Gasteiger partial charge in [-0.3, -0.25) is 9.59 Å². The van der Waals surface area contributed by atoms with Gasteiger partial charge in [0, 0.05) is 18.5 Å². The van der Waals surface area contributed by atoms with Crippen molar-refractivity contribution in [2.75, 3.05) is 12.4 Å². The third-order valence-corrected chi connectivity index (χ3v) is 4.07. The van der Waals surface area contributed by atoms with Crippen LogP contribution in [0.4, 0.5) is 18.9 Å². The minimum atomic E-state index is -4.50. The maximum absolute atomic E-state index is 12.7. The Hall–Kier alpha value is -2.58. The van der Waals surface area contributed by atoms with Crippen LogP contribution >= 0.6 is 0 Å². The van der Waals surface area contributed by atoms with Crippen molar-refractivity contribution in [1.82, 2.24) is 5.32 Å². The lowest BCUT2D eigenvalue weighted by Crippen LogP contribution is -2.42. The molecular weight excluding hydrogens is 389 g/mol. The number of carbonyl (C=O) groups is 3. The number of benzene rings is 1. The lowest BCUT2D eigenvalue weighted by Gasteiger charge is -2.19. The lowest BCUT2D eigenvalue weighted by molar-refractivity contribution is -0.145. The molecule has 0 radical (unpaired) electrons. The maximum Gasteiger partial charge on any atom is 0.416 e. The third kappa shape index (κ3) is 8.97. The Balaban J connectivity index is 2.58. The summed E-state index contributed by atoms with van der Waals surface area (Å²) in [6.07, 6.45) is -4.15. The minimum Gasteiger partial charge on any atom is -0.467 e. The molecule has 1 aromatic carbocycles. The summed E-state index contributed by atoms with van der Waals surface area (Å²) < 4.78 is 42.9. The van der Waals surface area contributed by atoms with Gasteiger partial charge in [-0.05, 0) is 36.5 Å². The highest BCUT2D eigenvalue weighted by molar-refractivity contribution is 5.91. The molecule has 2 N–H and O–H groups in total. The number of nitrogens with one attached hydrogen (secondary N) is 2. The Morgan fingerprint density at radius 2 is 1.69 bits per heavy atom. The van der Waals surface area contributed by atoms with Crippen LogP contribution in [0.3, 0.4) is 0 Å². The number of anilines is 1. The number of esters is 1. The summed E-state index contributed by atoms with van der Waals surface area (Å²) in [5.74, 6) is -1.66. The van der Waals surface area contributed by atoms with E-state index in [1.165, 1.54) is 19.2 Å². The second kappa shape index (κ2) is 10.8. The van der Waals surface area contributed by atoms with Crippen molar-refractivity contribution < 1.29 is 32.3 Å². The van der Waals surface area contributed by atoms with Crippen molar-refractivity contribution >= 4 is 23.5 Å². The normalized spacial score (nSPS) is 13.5. The zero-order chi connectivity index (χ0) is 22.2. The molecule has 1 aromatic rings. The van der Waals surface area contributed by atoms with Crippen LogP contribution in [0.1, 0.15) is 45.6 Å². The Morgan fingerprint density at radius 3 is 2.24 bits per heavy atom. The number of halogens is 3. The number of hydrogen-bond acceptors (Lipinski definition) is 4. The average molecular weight is 416 g/mol. The molecule has 0 aliphatic carbocycles. The number of hydrogen-bond donors (Lipinski definition) is 2. The summed E-state index contributed by atoms with van der Waals surface area (Å²) in [5.41, 5.74) is -0.828. The number of alkyl halides is 3. The Bertz CT molecular complexity index is 720. The maximum atomic E-state index is 12.7. The summed E-state index contributed by atoms with van der Waals surface area (Å²) in [4.78, 5) is 36.0. The van der Waals surface area contributed by atoms with Crippen LogP contribution in [-0.2, 0) is 25.3 Å². The van der Waals surface area contributed by atoms with Crippen molar-refractivity contribution in [3.8, 4) is 0 Å². The monoisotopic (exact) mass is 416 g/mol. The predicted molar refractivity (Wildman–Crippen MR) is 102 cm³/mol. The molecule has 0 aliphatic heterocycles. The van der Waals surface area contributed by atoms with Gasteiger partial charge in [0.1, 0.15) is 6.04 Å². The van der Waals surface area contributed by atoms with Gasteiger partial charge in [-0.1, -0.05) is 26.8 Å². The lowest BCUT2D eigenvalue weighted by atomic mass is 10.0. The van der Waals surface area contributed by atoms with Crippen LogP contribution in [0.15, 0.2) is 24.3 Å². The van der Waals surface area contributed by atoms with E-state index in [4.69, 9.17) is 0 Å². The van der Waals surface area contributed by atoms with Crippen LogP contribution in [0, 0.1) is 11.8 Å². The van der Waals surface area contributed by atoms with Gasteiger partial charge in [0.15, 0.2) is 0 Å². The molecule has 0 aromatic heterocycles. The highest BCUT2D eigenvalue weighted by Crippen LogP contribution is 2.30. The van der Waals surface area contributed by atoms with Gasteiger partial charge in [-0.25, -0.2) is 4.79 Å². The smallest absolute Gasteiger partial charge is 0.416 e. The summed E-state index contributed by atoms with van der Waals surface area (Å²) in [5, 5.41) is 5.01. The molecule has 0 saturated heterocycles. The molecule has 0 heterocycles. The number of ether oxygens (including phenoxy) is 1. The molecule has 1 rings (SSSR count). The fourth-order valence-corrected chi connectivity index (χ4v) is 2.77. The van der Waals surface area contributed by atoms with Gasteiger partial charge < -0.3 is 15.4 Å². The zero-order valence-electron chi connectivity index (χ0n) is 16.9. The van der Waals surface area contributed by atoms with E-state index in [9.17, 15) is 27.6 Å². The summed E-state index contributed by atoms with van der Waals surface area (Å²) in [7, 11) is 1.24. The molecule has 2 unspecified atom stereocenters. The molecule has 162 valence electrons. The van der Waals surface area contributed by atoms with Gasteiger partial charge in [-0.15, -0.1) is 0 Å². The first kappa shape index (κ1) is 24.5. The fourth-order valence-electron chi connectivity index (χ4n) is 2.77. The molecule has 0 aliphatic rings. The summed E-state index contributed by atoms with van der Waals surface area (Å²) >= 11 is 0. The van der Waals surface area contributed by atoms with Crippen LogP contribution in [0.2, 0.25) is 0 Å². The molecule has 2 amide bonds. The first-order chi connectivity index (χ1) is 13.4. The first-order valence-electron chi connectivity index (χ1n) is 9.26. The van der Waals surface area contributed by atoms with Gasteiger partial charge in [-0.2, -0.15) is 13.2 Å². The standard InChI is InChI=1S/C20H27F3N2O4/c1-12(2)8-16(19(28)29-4)25-18(27)10-13(3)9-17(26)24-15-7-5-6-14(11-15)20(21,22)23/h5-7,11-13,16H,8-10H2,1-4H3,(H,24,26)(H,25,27). The molecule has 0 bridgehead atoms. The molecule has 6 nitrogen and oxygen atoms in total. The van der Waals surface area contributed by atoms with E-state index in [-0.39, 0.29) is 30.4 Å². The molecule has 0 fully saturated rings. The number of carbonyl (C=O) groups excluding carboxylic acids is 3. The quantitative estimate of drug-likeness (QED) is 0.601. The van der Waals surface area contributed by atoms with E-state index in [0.29, 0.717) is 6.42 Å². The van der Waals surface area contributed by atoms with E-state index in [1.807, 2.05) is 13.8 Å². The van der Waals surface area contributed by atoms with Crippen LogP contribution in [0.25, 0.3) is 0 Å². The fraction of sp³-hybridized carbons (Fsp3) is 0.550. The van der Waals surface area contributed by atoms with Crippen molar-refractivity contribution in [3.05, 3.63) is 29.8 Å². The van der Waals surface area contributed by atoms with Gasteiger partial charge in [0.05, 0.1) is 12.7 Å². The Kier molecular flexibility index (Phi) is 9.13. The first-order valence-corrected chi connectivity index (χ1v) is 9.26. The van der Waals surface area contributed by atoms with E-state index in [1.54, 1.807) is 6.92 Å². The van der Waals surface area contributed by atoms with Crippen LogP contribution < -0.4 is 10.6 Å². The van der Waals surface area contributed by atoms with Gasteiger partial charge in [0.2, 0.25) is 11.8 Å². The average Bonchev–Trinajstić information content (AvgIpc) is 2.59. The topological polar surface area (TPSA) is 84.5 Å². The molecule has 2 atom stereocenters. The summed E-state index contributed by atoms with van der Waals surface area (Å²) in [6, 6.07) is 3.56. The van der Waals surface area contributed by atoms with Gasteiger partial charge in [0.25, 0.3) is 0 Å². The molecule has 29 heavy (non-hydrogen) atoms. The minimum absolute atomic E-state index is 0.0123. The second-order valence-corrected chi connectivity index (χ2v) is 7.41. The Labute approximate surface area is 168 Å². The highest BCUT2D eigenvalue weighted by atomic mass is 19.4. The number of amides is 2. The van der Waals surface area contributed by atoms with Crippen molar-refractivity contribution in [3.63, 3.8) is 0 Å². The van der Waals surface area contributed by atoms with Crippen LogP contribution in [-0.4, -0.2) is 30.9 Å². The molecule has 9 heteroatoms. The van der Waals surface area contributed by atoms with Crippen molar-refractivity contribution in [1.29, 1.82) is 0 Å². The SMILES string of the molecule is COC(=O)C(CC(C)C)NC(=O)CC(C)CC(=O)Nc1cccc(C(F)(F)F)c1. The molecule has 0 saturated carbocycles.